The average Bonchev–Trinajstić information content (AvgIpc) is 2.86. The summed E-state index contributed by atoms with van der Waals surface area (Å²) in [6, 6.07) is 3.69. The van der Waals surface area contributed by atoms with Crippen molar-refractivity contribution in [1.29, 1.82) is 0 Å². The van der Waals surface area contributed by atoms with Crippen molar-refractivity contribution < 1.29 is 4.74 Å². The van der Waals surface area contributed by atoms with Crippen molar-refractivity contribution in [1.82, 2.24) is 0 Å². The van der Waals surface area contributed by atoms with Crippen molar-refractivity contribution in [2.45, 2.75) is 32.2 Å². The van der Waals surface area contributed by atoms with Crippen LogP contribution in [0.4, 0.5) is 0 Å². The van der Waals surface area contributed by atoms with Crippen LogP contribution in [0.3, 0.4) is 0 Å². The van der Waals surface area contributed by atoms with Crippen LogP contribution in [0.25, 0.3) is 0 Å². The predicted molar refractivity (Wildman–Crippen MR) is 78.9 cm³/mol. The Bertz CT molecular complexity index is 481. The third-order valence-electron chi connectivity index (χ3n) is 4.60. The minimum absolute atomic E-state index is 0.0102. The van der Waals surface area contributed by atoms with Crippen LogP contribution < -0.4 is 10.5 Å². The van der Waals surface area contributed by atoms with Gasteiger partial charge >= 0.3 is 0 Å². The van der Waals surface area contributed by atoms with Crippen molar-refractivity contribution in [3.63, 3.8) is 0 Å². The third-order valence-corrected chi connectivity index (χ3v) is 5.22. The molecular formula is C15H19Cl2NO. The summed E-state index contributed by atoms with van der Waals surface area (Å²) in [5, 5.41) is 1.27. The van der Waals surface area contributed by atoms with E-state index in [0.29, 0.717) is 28.3 Å². The largest absolute Gasteiger partial charge is 0.492 e. The van der Waals surface area contributed by atoms with Gasteiger partial charge < -0.3 is 10.5 Å². The summed E-state index contributed by atoms with van der Waals surface area (Å²) < 4.78 is 5.45. The molecular weight excluding hydrogens is 281 g/mol. The standard InChI is InChI=1S/C15H19Cl2NO/c1-2-19-13-7-11(16)10(6-12(13)17)15(18)14-8-4-3-5-9(8)14/h6-9,14-15H,2-5,18H2,1H3. The first kappa shape index (κ1) is 13.5. The van der Waals surface area contributed by atoms with E-state index in [1.54, 1.807) is 6.07 Å². The van der Waals surface area contributed by atoms with Crippen molar-refractivity contribution >= 4 is 23.2 Å². The summed E-state index contributed by atoms with van der Waals surface area (Å²) in [5.74, 6) is 2.87. The number of rotatable bonds is 4. The zero-order valence-electron chi connectivity index (χ0n) is 11.0. The molecule has 3 rings (SSSR count). The monoisotopic (exact) mass is 299 g/mol. The summed E-state index contributed by atoms with van der Waals surface area (Å²) in [4.78, 5) is 0. The van der Waals surface area contributed by atoms with Crippen molar-refractivity contribution in [3.8, 4) is 5.75 Å². The van der Waals surface area contributed by atoms with Crippen molar-refractivity contribution in [2.24, 2.45) is 23.5 Å². The number of nitrogens with two attached hydrogens (primary N) is 1. The summed E-state index contributed by atoms with van der Waals surface area (Å²) in [7, 11) is 0. The lowest BCUT2D eigenvalue weighted by molar-refractivity contribution is 0.340. The molecule has 2 aliphatic rings. The Labute approximate surface area is 124 Å². The molecule has 2 fully saturated rings. The van der Waals surface area contributed by atoms with Crippen LogP contribution in [-0.2, 0) is 0 Å². The van der Waals surface area contributed by atoms with E-state index >= 15 is 0 Å². The fraction of sp³-hybridized carbons (Fsp3) is 0.600. The molecule has 0 aromatic heterocycles. The maximum atomic E-state index is 6.40. The first-order valence-corrected chi connectivity index (χ1v) is 7.76. The molecule has 1 aromatic carbocycles. The quantitative estimate of drug-likeness (QED) is 0.892. The van der Waals surface area contributed by atoms with Gasteiger partial charge in [0.1, 0.15) is 5.75 Å². The number of ether oxygens (including phenoxy) is 1. The molecule has 2 N–H and O–H groups in total. The topological polar surface area (TPSA) is 35.2 Å². The molecule has 0 amide bonds. The summed E-state index contributed by atoms with van der Waals surface area (Å²) in [5.41, 5.74) is 7.37. The second-order valence-corrected chi connectivity index (χ2v) is 6.41. The van der Waals surface area contributed by atoms with Gasteiger partial charge in [0.25, 0.3) is 0 Å². The number of halogens is 2. The van der Waals surface area contributed by atoms with Crippen LogP contribution in [0.15, 0.2) is 12.1 Å². The first-order chi connectivity index (χ1) is 9.13. The Balaban J connectivity index is 1.82. The summed E-state index contributed by atoms with van der Waals surface area (Å²) >= 11 is 12.6. The smallest absolute Gasteiger partial charge is 0.139 e. The highest BCUT2D eigenvalue weighted by molar-refractivity contribution is 6.34. The average molecular weight is 300 g/mol. The predicted octanol–water partition coefficient (Wildman–Crippen LogP) is 4.44. The molecule has 2 saturated carbocycles. The van der Waals surface area contributed by atoms with Gasteiger partial charge in [-0.1, -0.05) is 29.6 Å². The third kappa shape index (κ3) is 2.35. The van der Waals surface area contributed by atoms with Crippen LogP contribution in [0.1, 0.15) is 37.8 Å². The van der Waals surface area contributed by atoms with E-state index in [4.69, 9.17) is 33.7 Å². The molecule has 4 heteroatoms. The first-order valence-electron chi connectivity index (χ1n) is 7.00. The lowest BCUT2D eigenvalue weighted by atomic mass is 9.97. The highest BCUT2D eigenvalue weighted by atomic mass is 35.5. The molecule has 2 aliphatic carbocycles. The van der Waals surface area contributed by atoms with Gasteiger partial charge in [-0.05, 0) is 49.1 Å². The highest BCUT2D eigenvalue weighted by Crippen LogP contribution is 2.62. The number of fused-ring (bicyclic) bond motifs is 1. The normalized spacial score (nSPS) is 30.0. The van der Waals surface area contributed by atoms with E-state index in [0.717, 1.165) is 17.4 Å². The van der Waals surface area contributed by atoms with Gasteiger partial charge in [0.15, 0.2) is 0 Å². The van der Waals surface area contributed by atoms with Gasteiger partial charge in [-0.3, -0.25) is 0 Å². The molecule has 0 bridgehead atoms. The minimum atomic E-state index is 0.0102. The molecule has 0 aliphatic heterocycles. The Hall–Kier alpha value is -0.440. The van der Waals surface area contributed by atoms with Crippen LogP contribution in [0.5, 0.6) is 5.75 Å². The fourth-order valence-electron chi connectivity index (χ4n) is 3.68. The lowest BCUT2D eigenvalue weighted by Gasteiger charge is -2.17. The van der Waals surface area contributed by atoms with Gasteiger partial charge in [0, 0.05) is 17.1 Å². The zero-order chi connectivity index (χ0) is 13.6. The number of hydrogen-bond acceptors (Lipinski definition) is 2. The molecule has 2 nitrogen and oxygen atoms in total. The number of hydrogen-bond donors (Lipinski definition) is 1. The van der Waals surface area contributed by atoms with Crippen LogP contribution in [0.2, 0.25) is 10.0 Å². The second-order valence-electron chi connectivity index (χ2n) is 5.60. The number of benzene rings is 1. The second kappa shape index (κ2) is 5.16. The van der Waals surface area contributed by atoms with E-state index in [1.165, 1.54) is 19.3 Å². The van der Waals surface area contributed by atoms with E-state index < -0.39 is 0 Å². The van der Waals surface area contributed by atoms with E-state index in [9.17, 15) is 0 Å². The van der Waals surface area contributed by atoms with Gasteiger partial charge in [0.05, 0.1) is 11.6 Å². The molecule has 19 heavy (non-hydrogen) atoms. The summed E-state index contributed by atoms with van der Waals surface area (Å²) in [6.07, 6.45) is 4.01. The molecule has 1 aromatic rings. The maximum absolute atomic E-state index is 6.40. The molecule has 0 heterocycles. The van der Waals surface area contributed by atoms with Gasteiger partial charge in [-0.2, -0.15) is 0 Å². The Morgan fingerprint density at radius 3 is 2.58 bits per heavy atom. The van der Waals surface area contributed by atoms with Gasteiger partial charge in [0.2, 0.25) is 0 Å². The van der Waals surface area contributed by atoms with Crippen molar-refractivity contribution in [3.05, 3.63) is 27.7 Å². The fourth-order valence-corrected chi connectivity index (χ4v) is 4.19. The van der Waals surface area contributed by atoms with Crippen LogP contribution in [-0.4, -0.2) is 6.61 Å². The highest BCUT2D eigenvalue weighted by Gasteiger charge is 2.55. The minimum Gasteiger partial charge on any atom is -0.492 e. The van der Waals surface area contributed by atoms with Gasteiger partial charge in [-0.25, -0.2) is 0 Å². The Kier molecular flexibility index (Phi) is 3.67. The molecule has 3 atom stereocenters. The maximum Gasteiger partial charge on any atom is 0.139 e. The van der Waals surface area contributed by atoms with E-state index in [1.807, 2.05) is 13.0 Å². The molecule has 0 saturated heterocycles. The van der Waals surface area contributed by atoms with E-state index in [-0.39, 0.29) is 6.04 Å². The van der Waals surface area contributed by atoms with E-state index in [2.05, 4.69) is 0 Å². The molecule has 0 spiro atoms. The SMILES string of the molecule is CCOc1cc(Cl)c(C(N)C2C3CCCC32)cc1Cl. The Morgan fingerprint density at radius 1 is 1.26 bits per heavy atom. The zero-order valence-corrected chi connectivity index (χ0v) is 12.5. The molecule has 104 valence electrons. The van der Waals surface area contributed by atoms with Crippen molar-refractivity contribution in [2.75, 3.05) is 6.61 Å². The lowest BCUT2D eigenvalue weighted by Crippen LogP contribution is -2.16. The molecule has 3 unspecified atom stereocenters. The van der Waals surface area contributed by atoms with Crippen LogP contribution >= 0.6 is 23.2 Å². The molecule has 0 radical (unpaired) electrons. The Morgan fingerprint density at radius 2 is 1.95 bits per heavy atom. The summed E-state index contributed by atoms with van der Waals surface area (Å²) in [6.45, 7) is 2.50. The van der Waals surface area contributed by atoms with Crippen LogP contribution in [0, 0.1) is 17.8 Å². The van der Waals surface area contributed by atoms with Gasteiger partial charge in [-0.15, -0.1) is 0 Å².